The summed E-state index contributed by atoms with van der Waals surface area (Å²) in [6.45, 7) is 2.02. The molecule has 0 saturated carbocycles. The first-order valence-electron chi connectivity index (χ1n) is 10.7. The van der Waals surface area contributed by atoms with Gasteiger partial charge < -0.3 is 4.90 Å². The third kappa shape index (κ3) is 4.59. The summed E-state index contributed by atoms with van der Waals surface area (Å²) in [5.41, 5.74) is 1.44. The number of nitrogens with zero attached hydrogens (tertiary/aromatic N) is 5. The summed E-state index contributed by atoms with van der Waals surface area (Å²) >= 11 is 1.31. The highest BCUT2D eigenvalue weighted by atomic mass is 32.2. The van der Waals surface area contributed by atoms with E-state index in [2.05, 4.69) is 19.2 Å². The standard InChI is InChI=1S/C23H22FN5O2S2/c24-19-9-7-17(8-10-19)16-21-26-23(32-27-21)28-12-3-13-29(15-14-28)33(30,31)20-6-1-4-18-5-2-11-25-22(18)20/h1-2,4-11H,3,12-16H2. The molecular weight excluding hydrogens is 461 g/mol. The summed E-state index contributed by atoms with van der Waals surface area (Å²) in [5.74, 6) is 0.409. The Labute approximate surface area is 195 Å². The van der Waals surface area contributed by atoms with E-state index in [4.69, 9.17) is 0 Å². The number of benzene rings is 2. The van der Waals surface area contributed by atoms with Gasteiger partial charge in [0.05, 0.1) is 5.52 Å². The molecule has 1 fully saturated rings. The average molecular weight is 484 g/mol. The van der Waals surface area contributed by atoms with Crippen molar-refractivity contribution in [1.29, 1.82) is 0 Å². The third-order valence-corrected chi connectivity index (χ3v) is 8.42. The van der Waals surface area contributed by atoms with Crippen LogP contribution in [0.2, 0.25) is 0 Å². The highest BCUT2D eigenvalue weighted by molar-refractivity contribution is 7.89. The van der Waals surface area contributed by atoms with Gasteiger partial charge in [0.1, 0.15) is 16.5 Å². The maximum Gasteiger partial charge on any atom is 0.245 e. The van der Waals surface area contributed by atoms with Crippen LogP contribution in [-0.4, -0.2) is 53.2 Å². The number of hydrogen-bond acceptors (Lipinski definition) is 7. The maximum absolute atomic E-state index is 13.4. The van der Waals surface area contributed by atoms with Crippen molar-refractivity contribution >= 4 is 37.6 Å². The molecular formula is C23H22FN5O2S2. The maximum atomic E-state index is 13.4. The topological polar surface area (TPSA) is 79.3 Å². The zero-order valence-electron chi connectivity index (χ0n) is 17.8. The predicted molar refractivity (Wildman–Crippen MR) is 126 cm³/mol. The van der Waals surface area contributed by atoms with Crippen molar-refractivity contribution in [2.75, 3.05) is 31.1 Å². The number of fused-ring (bicyclic) bond motifs is 1. The van der Waals surface area contributed by atoms with Gasteiger partial charge in [-0.2, -0.15) is 8.68 Å². The molecule has 7 nitrogen and oxygen atoms in total. The smallest absolute Gasteiger partial charge is 0.245 e. The minimum absolute atomic E-state index is 0.242. The van der Waals surface area contributed by atoms with Gasteiger partial charge in [0, 0.05) is 55.7 Å². The molecule has 0 atom stereocenters. The van der Waals surface area contributed by atoms with Gasteiger partial charge in [-0.25, -0.2) is 17.8 Å². The molecule has 1 aliphatic heterocycles. The van der Waals surface area contributed by atoms with Gasteiger partial charge >= 0.3 is 0 Å². The van der Waals surface area contributed by atoms with Crippen LogP contribution in [0.3, 0.4) is 0 Å². The molecule has 4 aromatic rings. The van der Waals surface area contributed by atoms with Crippen molar-refractivity contribution in [2.45, 2.75) is 17.7 Å². The normalized spacial score (nSPS) is 15.6. The lowest BCUT2D eigenvalue weighted by atomic mass is 10.1. The minimum Gasteiger partial charge on any atom is -0.345 e. The first-order chi connectivity index (χ1) is 16.0. The number of halogens is 1. The first kappa shape index (κ1) is 21.9. The molecule has 0 unspecified atom stereocenters. The summed E-state index contributed by atoms with van der Waals surface area (Å²) in [5, 5.41) is 1.58. The van der Waals surface area contributed by atoms with E-state index < -0.39 is 10.0 Å². The Kier molecular flexibility index (Phi) is 6.05. The van der Waals surface area contributed by atoms with Gasteiger partial charge in [0.15, 0.2) is 0 Å². The lowest BCUT2D eigenvalue weighted by Crippen LogP contribution is -2.35. The summed E-state index contributed by atoms with van der Waals surface area (Å²) in [4.78, 5) is 11.3. The summed E-state index contributed by atoms with van der Waals surface area (Å²) in [6, 6.07) is 15.2. The monoisotopic (exact) mass is 483 g/mol. The lowest BCUT2D eigenvalue weighted by molar-refractivity contribution is 0.433. The van der Waals surface area contributed by atoms with Gasteiger partial charge in [-0.05, 0) is 36.2 Å². The van der Waals surface area contributed by atoms with Crippen LogP contribution in [0.25, 0.3) is 10.9 Å². The molecule has 5 rings (SSSR count). The van der Waals surface area contributed by atoms with Crippen molar-refractivity contribution in [1.82, 2.24) is 18.6 Å². The molecule has 3 heterocycles. The highest BCUT2D eigenvalue weighted by Crippen LogP contribution is 2.26. The zero-order chi connectivity index (χ0) is 22.8. The summed E-state index contributed by atoms with van der Waals surface area (Å²) in [7, 11) is -3.68. The van der Waals surface area contributed by atoms with Crippen LogP contribution in [0.15, 0.2) is 65.7 Å². The van der Waals surface area contributed by atoms with Crippen LogP contribution in [0.5, 0.6) is 0 Å². The van der Waals surface area contributed by atoms with E-state index in [0.29, 0.717) is 50.4 Å². The second-order valence-corrected chi connectivity index (χ2v) is 10.5. The molecule has 0 amide bonds. The van der Waals surface area contributed by atoms with E-state index in [1.54, 1.807) is 36.5 Å². The number of sulfonamides is 1. The largest absolute Gasteiger partial charge is 0.345 e. The van der Waals surface area contributed by atoms with E-state index in [9.17, 15) is 12.8 Å². The van der Waals surface area contributed by atoms with Crippen molar-refractivity contribution in [3.05, 3.63) is 78.0 Å². The fourth-order valence-electron chi connectivity index (χ4n) is 3.98. The van der Waals surface area contributed by atoms with Crippen molar-refractivity contribution in [2.24, 2.45) is 0 Å². The van der Waals surface area contributed by atoms with Crippen LogP contribution < -0.4 is 4.90 Å². The Bertz CT molecular complexity index is 1370. The molecule has 0 radical (unpaired) electrons. The zero-order valence-corrected chi connectivity index (χ0v) is 19.4. The van der Waals surface area contributed by atoms with E-state index in [-0.39, 0.29) is 10.7 Å². The highest BCUT2D eigenvalue weighted by Gasteiger charge is 2.29. The van der Waals surface area contributed by atoms with Crippen LogP contribution in [0.4, 0.5) is 9.52 Å². The molecule has 2 aromatic heterocycles. The number of pyridine rings is 1. The molecule has 1 saturated heterocycles. The van der Waals surface area contributed by atoms with E-state index in [1.165, 1.54) is 28.0 Å². The number of para-hydroxylation sites is 1. The van der Waals surface area contributed by atoms with Gasteiger partial charge in [-0.15, -0.1) is 0 Å². The Morgan fingerprint density at radius 1 is 0.970 bits per heavy atom. The Morgan fingerprint density at radius 3 is 2.64 bits per heavy atom. The molecule has 0 bridgehead atoms. The second kappa shape index (κ2) is 9.12. The molecule has 0 spiro atoms. The van der Waals surface area contributed by atoms with E-state index in [0.717, 1.165) is 16.1 Å². The third-order valence-electron chi connectivity index (χ3n) is 5.67. The Hall–Kier alpha value is -2.95. The first-order valence-corrected chi connectivity index (χ1v) is 12.9. The minimum atomic E-state index is -3.68. The number of hydrogen-bond donors (Lipinski definition) is 0. The molecule has 170 valence electrons. The number of anilines is 1. The van der Waals surface area contributed by atoms with Gasteiger partial charge in [0.2, 0.25) is 15.2 Å². The molecule has 0 N–H and O–H groups in total. The fourth-order valence-corrected chi connectivity index (χ4v) is 6.35. The number of rotatable bonds is 5. The van der Waals surface area contributed by atoms with Crippen molar-refractivity contribution in [3.8, 4) is 0 Å². The average Bonchev–Trinajstić information content (AvgIpc) is 3.14. The van der Waals surface area contributed by atoms with Gasteiger partial charge in [-0.3, -0.25) is 4.98 Å². The Balaban J connectivity index is 1.31. The predicted octanol–water partition coefficient (Wildman–Crippen LogP) is 3.72. The molecule has 2 aromatic carbocycles. The quantitative estimate of drug-likeness (QED) is 0.431. The van der Waals surface area contributed by atoms with Crippen LogP contribution in [0.1, 0.15) is 17.8 Å². The van der Waals surface area contributed by atoms with Crippen LogP contribution in [0, 0.1) is 5.82 Å². The lowest BCUT2D eigenvalue weighted by Gasteiger charge is -2.21. The summed E-state index contributed by atoms with van der Waals surface area (Å²) in [6.07, 6.45) is 2.83. The van der Waals surface area contributed by atoms with E-state index in [1.807, 2.05) is 12.1 Å². The van der Waals surface area contributed by atoms with Gasteiger partial charge in [0.25, 0.3) is 0 Å². The Morgan fingerprint density at radius 2 is 1.79 bits per heavy atom. The number of aromatic nitrogens is 3. The van der Waals surface area contributed by atoms with Crippen LogP contribution >= 0.6 is 11.5 Å². The molecule has 0 aliphatic carbocycles. The van der Waals surface area contributed by atoms with Crippen molar-refractivity contribution in [3.63, 3.8) is 0 Å². The summed E-state index contributed by atoms with van der Waals surface area (Å²) < 4.78 is 46.0. The molecule has 10 heteroatoms. The van der Waals surface area contributed by atoms with Crippen LogP contribution in [-0.2, 0) is 16.4 Å². The SMILES string of the molecule is O=S(=O)(c1cccc2cccnc12)N1CCCN(c2nc(Cc3ccc(F)cc3)ns2)CC1. The van der Waals surface area contributed by atoms with E-state index >= 15 is 0 Å². The molecule has 1 aliphatic rings. The van der Waals surface area contributed by atoms with Gasteiger partial charge in [-0.1, -0.05) is 30.3 Å². The van der Waals surface area contributed by atoms with Crippen molar-refractivity contribution < 1.29 is 12.8 Å². The fraction of sp³-hybridized carbons (Fsp3) is 0.261. The second-order valence-electron chi connectivity index (χ2n) is 7.87. The molecule has 33 heavy (non-hydrogen) atoms.